The molecule has 2 aliphatic heterocycles. The molecule has 130 valence electrons. The van der Waals surface area contributed by atoms with Gasteiger partial charge >= 0.3 is 0 Å². The fourth-order valence-corrected chi connectivity index (χ4v) is 3.25. The predicted octanol–water partition coefficient (Wildman–Crippen LogP) is 1.54. The van der Waals surface area contributed by atoms with Crippen molar-refractivity contribution in [2.24, 2.45) is 0 Å². The van der Waals surface area contributed by atoms with Crippen molar-refractivity contribution >= 4 is 11.7 Å². The van der Waals surface area contributed by atoms with E-state index in [0.29, 0.717) is 50.8 Å². The van der Waals surface area contributed by atoms with E-state index in [1.165, 1.54) is 0 Å². The van der Waals surface area contributed by atoms with Gasteiger partial charge in [-0.2, -0.15) is 0 Å². The average molecular weight is 340 g/mol. The second-order valence-electron chi connectivity index (χ2n) is 6.24. The van der Waals surface area contributed by atoms with E-state index in [1.807, 2.05) is 19.1 Å². The molecule has 0 aromatic carbocycles. The van der Waals surface area contributed by atoms with Crippen molar-refractivity contribution in [1.29, 1.82) is 0 Å². The standard InChI is InChI=1S/C18H20N4O3/c1-12-15-2-3-16(23)22(10-14-11-24-8-9-25-14)18(15)21-17(20-12)13-4-6-19-7-5-13/h4-7,14H,2-3,8-11H2,1H3/t14-/m0/s1. The van der Waals surface area contributed by atoms with Crippen molar-refractivity contribution in [2.75, 3.05) is 31.3 Å². The van der Waals surface area contributed by atoms with Crippen molar-refractivity contribution < 1.29 is 14.3 Å². The predicted molar refractivity (Wildman–Crippen MR) is 91.2 cm³/mol. The largest absolute Gasteiger partial charge is 0.376 e. The van der Waals surface area contributed by atoms with Crippen molar-refractivity contribution in [1.82, 2.24) is 15.0 Å². The fourth-order valence-electron chi connectivity index (χ4n) is 3.25. The summed E-state index contributed by atoms with van der Waals surface area (Å²) in [7, 11) is 0. The molecule has 1 amide bonds. The van der Waals surface area contributed by atoms with Crippen LogP contribution in [0.3, 0.4) is 0 Å². The lowest BCUT2D eigenvalue weighted by molar-refractivity contribution is -0.121. The number of ether oxygens (including phenoxy) is 2. The van der Waals surface area contributed by atoms with Crippen LogP contribution in [0.25, 0.3) is 11.4 Å². The maximum Gasteiger partial charge on any atom is 0.228 e. The Hall–Kier alpha value is -2.38. The molecule has 7 nitrogen and oxygen atoms in total. The average Bonchev–Trinajstić information content (AvgIpc) is 2.65. The molecule has 4 heterocycles. The van der Waals surface area contributed by atoms with Crippen LogP contribution >= 0.6 is 0 Å². The third kappa shape index (κ3) is 3.25. The number of carbonyl (C=O) groups excluding carboxylic acids is 1. The van der Waals surface area contributed by atoms with Crippen LogP contribution in [-0.2, 0) is 20.7 Å². The molecule has 0 aliphatic carbocycles. The molecule has 2 aromatic heterocycles. The van der Waals surface area contributed by atoms with Gasteiger partial charge in [0, 0.05) is 35.6 Å². The molecule has 1 fully saturated rings. The van der Waals surface area contributed by atoms with Gasteiger partial charge < -0.3 is 9.47 Å². The highest BCUT2D eigenvalue weighted by Crippen LogP contribution is 2.30. The number of fused-ring (bicyclic) bond motifs is 1. The first-order valence-corrected chi connectivity index (χ1v) is 8.50. The minimum absolute atomic E-state index is 0.0699. The Morgan fingerprint density at radius 1 is 1.20 bits per heavy atom. The molecule has 0 radical (unpaired) electrons. The Bertz CT molecular complexity index is 775. The first-order chi connectivity index (χ1) is 12.2. The highest BCUT2D eigenvalue weighted by molar-refractivity contribution is 5.95. The number of pyridine rings is 1. The van der Waals surface area contributed by atoms with Gasteiger partial charge in [-0.3, -0.25) is 14.7 Å². The summed E-state index contributed by atoms with van der Waals surface area (Å²) in [6, 6.07) is 3.74. The molecule has 0 spiro atoms. The van der Waals surface area contributed by atoms with Gasteiger partial charge in [-0.05, 0) is 25.5 Å². The molecule has 0 bridgehead atoms. The fraction of sp³-hybridized carbons (Fsp3) is 0.444. The first kappa shape index (κ1) is 16.1. The summed E-state index contributed by atoms with van der Waals surface area (Å²) in [6.07, 6.45) is 4.45. The Balaban J connectivity index is 1.71. The molecule has 7 heteroatoms. The van der Waals surface area contributed by atoms with Crippen molar-refractivity contribution in [2.45, 2.75) is 25.9 Å². The Labute approximate surface area is 146 Å². The third-order valence-electron chi connectivity index (χ3n) is 4.55. The van der Waals surface area contributed by atoms with Gasteiger partial charge in [-0.25, -0.2) is 9.97 Å². The Morgan fingerprint density at radius 3 is 2.80 bits per heavy atom. The highest BCUT2D eigenvalue weighted by Gasteiger charge is 2.31. The zero-order valence-corrected chi connectivity index (χ0v) is 14.1. The topological polar surface area (TPSA) is 77.4 Å². The number of hydrogen-bond acceptors (Lipinski definition) is 6. The molecule has 25 heavy (non-hydrogen) atoms. The summed E-state index contributed by atoms with van der Waals surface area (Å²) in [6.45, 7) is 4.09. The quantitative estimate of drug-likeness (QED) is 0.843. The van der Waals surface area contributed by atoms with Crippen LogP contribution in [-0.4, -0.2) is 53.3 Å². The van der Waals surface area contributed by atoms with E-state index in [0.717, 1.165) is 16.8 Å². The van der Waals surface area contributed by atoms with Gasteiger partial charge in [-0.15, -0.1) is 0 Å². The lowest BCUT2D eigenvalue weighted by Crippen LogP contribution is -2.45. The third-order valence-corrected chi connectivity index (χ3v) is 4.55. The second kappa shape index (κ2) is 6.85. The first-order valence-electron chi connectivity index (χ1n) is 8.50. The molecular formula is C18H20N4O3. The lowest BCUT2D eigenvalue weighted by Gasteiger charge is -2.33. The van der Waals surface area contributed by atoms with Crippen LogP contribution in [0.4, 0.5) is 5.82 Å². The smallest absolute Gasteiger partial charge is 0.228 e. The van der Waals surface area contributed by atoms with E-state index in [9.17, 15) is 4.79 Å². The van der Waals surface area contributed by atoms with Gasteiger partial charge in [0.05, 0.1) is 32.5 Å². The molecule has 1 saturated heterocycles. The SMILES string of the molecule is Cc1nc(-c2ccncc2)nc2c1CCC(=O)N2C[C@H]1COCCO1. The summed E-state index contributed by atoms with van der Waals surface area (Å²) < 4.78 is 11.2. The van der Waals surface area contributed by atoms with Crippen molar-refractivity contribution in [3.05, 3.63) is 35.8 Å². The summed E-state index contributed by atoms with van der Waals surface area (Å²) in [5.74, 6) is 1.38. The molecule has 1 atom stereocenters. The van der Waals surface area contributed by atoms with Crippen molar-refractivity contribution in [3.8, 4) is 11.4 Å². The van der Waals surface area contributed by atoms with E-state index in [1.54, 1.807) is 17.3 Å². The second-order valence-corrected chi connectivity index (χ2v) is 6.24. The van der Waals surface area contributed by atoms with E-state index < -0.39 is 0 Å². The minimum atomic E-state index is -0.122. The summed E-state index contributed by atoms with van der Waals surface area (Å²) in [4.78, 5) is 27.7. The summed E-state index contributed by atoms with van der Waals surface area (Å²) >= 11 is 0. The van der Waals surface area contributed by atoms with E-state index >= 15 is 0 Å². The van der Waals surface area contributed by atoms with Gasteiger partial charge in [0.1, 0.15) is 5.82 Å². The van der Waals surface area contributed by atoms with Crippen LogP contribution in [0.1, 0.15) is 17.7 Å². The van der Waals surface area contributed by atoms with Crippen molar-refractivity contribution in [3.63, 3.8) is 0 Å². The Kier molecular flexibility index (Phi) is 4.42. The maximum absolute atomic E-state index is 12.5. The number of amides is 1. The van der Waals surface area contributed by atoms with E-state index in [-0.39, 0.29) is 12.0 Å². The summed E-state index contributed by atoms with van der Waals surface area (Å²) in [5, 5.41) is 0. The van der Waals surface area contributed by atoms with Crippen LogP contribution in [0.15, 0.2) is 24.5 Å². The molecule has 2 aromatic rings. The highest BCUT2D eigenvalue weighted by atomic mass is 16.6. The van der Waals surface area contributed by atoms with Gasteiger partial charge in [0.2, 0.25) is 5.91 Å². The molecule has 4 rings (SSSR count). The normalized spacial score (nSPS) is 20.4. The maximum atomic E-state index is 12.5. The zero-order valence-electron chi connectivity index (χ0n) is 14.1. The zero-order chi connectivity index (χ0) is 17.2. The molecule has 0 unspecified atom stereocenters. The number of aromatic nitrogens is 3. The van der Waals surface area contributed by atoms with Crippen LogP contribution < -0.4 is 4.90 Å². The van der Waals surface area contributed by atoms with Crippen LogP contribution in [0.5, 0.6) is 0 Å². The molecule has 2 aliphatic rings. The molecular weight excluding hydrogens is 320 g/mol. The van der Waals surface area contributed by atoms with E-state index in [2.05, 4.69) is 9.97 Å². The minimum Gasteiger partial charge on any atom is -0.376 e. The number of anilines is 1. The van der Waals surface area contributed by atoms with E-state index in [4.69, 9.17) is 14.5 Å². The number of hydrogen-bond donors (Lipinski definition) is 0. The lowest BCUT2D eigenvalue weighted by atomic mass is 10.0. The number of aryl methyl sites for hydroxylation is 1. The number of nitrogens with zero attached hydrogens (tertiary/aromatic N) is 4. The van der Waals surface area contributed by atoms with Gasteiger partial charge in [0.15, 0.2) is 5.82 Å². The monoisotopic (exact) mass is 340 g/mol. The molecule has 0 N–H and O–H groups in total. The number of carbonyl (C=O) groups is 1. The molecule has 0 saturated carbocycles. The van der Waals surface area contributed by atoms with Crippen LogP contribution in [0.2, 0.25) is 0 Å². The van der Waals surface area contributed by atoms with Gasteiger partial charge in [-0.1, -0.05) is 0 Å². The van der Waals surface area contributed by atoms with Crippen LogP contribution in [0, 0.1) is 6.92 Å². The number of rotatable bonds is 3. The Morgan fingerprint density at radius 2 is 2.04 bits per heavy atom. The van der Waals surface area contributed by atoms with Gasteiger partial charge in [0.25, 0.3) is 0 Å². The summed E-state index contributed by atoms with van der Waals surface area (Å²) in [5.41, 5.74) is 2.83.